The molecular weight excluding hydrogens is 236 g/mol. The lowest BCUT2D eigenvalue weighted by molar-refractivity contribution is 0.0472. The summed E-state index contributed by atoms with van der Waals surface area (Å²) in [4.78, 5) is 11.9. The van der Waals surface area contributed by atoms with Crippen molar-refractivity contribution in [3.05, 3.63) is 70.8 Å². The van der Waals surface area contributed by atoms with Gasteiger partial charge in [-0.2, -0.15) is 0 Å². The Morgan fingerprint density at radius 2 is 1.79 bits per heavy atom. The molecule has 2 aromatic carbocycles. The predicted octanol–water partition coefficient (Wildman–Crippen LogP) is 3.91. The van der Waals surface area contributed by atoms with Gasteiger partial charge in [-0.1, -0.05) is 43.3 Å². The lowest BCUT2D eigenvalue weighted by Gasteiger charge is -2.11. The fraction of sp³-hybridized carbons (Fsp3) is 0.235. The standard InChI is InChI=1S/C17H18O2/c1-3-16-13(2)8-7-11-15(16)12-19-17(18)14-9-5-4-6-10-14/h4-11H,3,12H2,1-2H3. The normalized spacial score (nSPS) is 10.2. The number of ether oxygens (including phenoxy) is 1. The number of carbonyl (C=O) groups is 1. The molecule has 0 spiro atoms. The molecule has 0 heterocycles. The van der Waals surface area contributed by atoms with Crippen LogP contribution in [0.2, 0.25) is 0 Å². The summed E-state index contributed by atoms with van der Waals surface area (Å²) in [6, 6.07) is 15.2. The molecule has 0 N–H and O–H groups in total. The molecule has 0 aromatic heterocycles. The molecule has 0 amide bonds. The van der Waals surface area contributed by atoms with Gasteiger partial charge in [0.1, 0.15) is 6.61 Å². The van der Waals surface area contributed by atoms with E-state index < -0.39 is 0 Å². The molecule has 0 aliphatic rings. The van der Waals surface area contributed by atoms with Crippen molar-refractivity contribution in [1.29, 1.82) is 0 Å². The molecule has 0 unspecified atom stereocenters. The summed E-state index contributed by atoms with van der Waals surface area (Å²) in [6.07, 6.45) is 0.949. The van der Waals surface area contributed by atoms with E-state index in [-0.39, 0.29) is 5.97 Å². The second-order valence-corrected chi connectivity index (χ2v) is 4.51. The van der Waals surface area contributed by atoms with Crippen molar-refractivity contribution in [2.75, 3.05) is 0 Å². The minimum atomic E-state index is -0.274. The van der Waals surface area contributed by atoms with Crippen LogP contribution in [0.25, 0.3) is 0 Å². The van der Waals surface area contributed by atoms with Gasteiger partial charge in [0.05, 0.1) is 5.56 Å². The summed E-state index contributed by atoms with van der Waals surface area (Å²) >= 11 is 0. The van der Waals surface area contributed by atoms with Crippen LogP contribution in [0.5, 0.6) is 0 Å². The first kappa shape index (κ1) is 13.3. The SMILES string of the molecule is CCc1c(C)cccc1COC(=O)c1ccccc1. The zero-order valence-corrected chi connectivity index (χ0v) is 11.3. The van der Waals surface area contributed by atoms with Crippen molar-refractivity contribution >= 4 is 5.97 Å². The van der Waals surface area contributed by atoms with Crippen molar-refractivity contribution in [3.8, 4) is 0 Å². The van der Waals surface area contributed by atoms with E-state index in [1.807, 2.05) is 30.3 Å². The predicted molar refractivity (Wildman–Crippen MR) is 76.1 cm³/mol. The molecule has 98 valence electrons. The van der Waals surface area contributed by atoms with E-state index in [1.165, 1.54) is 11.1 Å². The Hall–Kier alpha value is -2.09. The van der Waals surface area contributed by atoms with Crippen molar-refractivity contribution in [2.45, 2.75) is 26.9 Å². The number of rotatable bonds is 4. The number of benzene rings is 2. The van der Waals surface area contributed by atoms with E-state index in [4.69, 9.17) is 4.74 Å². The lowest BCUT2D eigenvalue weighted by Crippen LogP contribution is -2.07. The topological polar surface area (TPSA) is 26.3 Å². The molecule has 0 bridgehead atoms. The highest BCUT2D eigenvalue weighted by Crippen LogP contribution is 2.16. The molecular formula is C17H18O2. The van der Waals surface area contributed by atoms with Gasteiger partial charge in [-0.25, -0.2) is 4.79 Å². The Kier molecular flexibility index (Phi) is 4.35. The van der Waals surface area contributed by atoms with Gasteiger partial charge in [0.2, 0.25) is 0 Å². The first-order chi connectivity index (χ1) is 9.22. The van der Waals surface area contributed by atoms with Gasteiger partial charge in [-0.3, -0.25) is 0 Å². The van der Waals surface area contributed by atoms with Crippen molar-refractivity contribution in [2.24, 2.45) is 0 Å². The monoisotopic (exact) mass is 254 g/mol. The molecule has 0 atom stereocenters. The maximum atomic E-state index is 11.9. The maximum absolute atomic E-state index is 11.9. The van der Waals surface area contributed by atoms with Crippen LogP contribution in [0.3, 0.4) is 0 Å². The van der Waals surface area contributed by atoms with Gasteiger partial charge in [-0.15, -0.1) is 0 Å². The number of esters is 1. The van der Waals surface area contributed by atoms with Gasteiger partial charge in [-0.05, 0) is 42.2 Å². The second kappa shape index (κ2) is 6.19. The van der Waals surface area contributed by atoms with Crippen LogP contribution in [0.4, 0.5) is 0 Å². The summed E-state index contributed by atoms with van der Waals surface area (Å²) in [7, 11) is 0. The van der Waals surface area contributed by atoms with Crippen LogP contribution in [-0.2, 0) is 17.8 Å². The van der Waals surface area contributed by atoms with Crippen LogP contribution in [0.15, 0.2) is 48.5 Å². The maximum Gasteiger partial charge on any atom is 0.338 e. The number of hydrogen-bond donors (Lipinski definition) is 0. The average molecular weight is 254 g/mol. The smallest absolute Gasteiger partial charge is 0.338 e. The molecule has 0 radical (unpaired) electrons. The Bertz CT molecular complexity index is 559. The molecule has 2 rings (SSSR count). The van der Waals surface area contributed by atoms with E-state index in [9.17, 15) is 4.79 Å². The first-order valence-electron chi connectivity index (χ1n) is 6.52. The zero-order chi connectivity index (χ0) is 13.7. The van der Waals surface area contributed by atoms with E-state index in [2.05, 4.69) is 19.9 Å². The molecule has 2 heteroatoms. The fourth-order valence-electron chi connectivity index (χ4n) is 2.21. The molecule has 19 heavy (non-hydrogen) atoms. The molecule has 0 aliphatic carbocycles. The van der Waals surface area contributed by atoms with Crippen LogP contribution < -0.4 is 0 Å². The highest BCUT2D eigenvalue weighted by atomic mass is 16.5. The quantitative estimate of drug-likeness (QED) is 0.773. The summed E-state index contributed by atoms with van der Waals surface area (Å²) in [5, 5.41) is 0. The third-order valence-electron chi connectivity index (χ3n) is 3.23. The third-order valence-corrected chi connectivity index (χ3v) is 3.23. The minimum absolute atomic E-state index is 0.274. The highest BCUT2D eigenvalue weighted by Gasteiger charge is 2.09. The van der Waals surface area contributed by atoms with E-state index in [0.717, 1.165) is 12.0 Å². The third kappa shape index (κ3) is 3.22. The van der Waals surface area contributed by atoms with Gasteiger partial charge in [0.15, 0.2) is 0 Å². The van der Waals surface area contributed by atoms with Gasteiger partial charge in [0, 0.05) is 0 Å². The largest absolute Gasteiger partial charge is 0.457 e. The average Bonchev–Trinajstić information content (AvgIpc) is 2.45. The van der Waals surface area contributed by atoms with Crippen LogP contribution in [-0.4, -0.2) is 5.97 Å². The fourth-order valence-corrected chi connectivity index (χ4v) is 2.21. The van der Waals surface area contributed by atoms with Gasteiger partial charge >= 0.3 is 5.97 Å². The Balaban J connectivity index is 2.07. The number of aryl methyl sites for hydroxylation is 1. The molecule has 2 aromatic rings. The Morgan fingerprint density at radius 3 is 2.47 bits per heavy atom. The zero-order valence-electron chi connectivity index (χ0n) is 11.3. The van der Waals surface area contributed by atoms with E-state index >= 15 is 0 Å². The van der Waals surface area contributed by atoms with E-state index in [0.29, 0.717) is 12.2 Å². The minimum Gasteiger partial charge on any atom is -0.457 e. The molecule has 2 nitrogen and oxygen atoms in total. The Labute approximate surface area is 114 Å². The number of carbonyl (C=O) groups excluding carboxylic acids is 1. The van der Waals surface area contributed by atoms with Gasteiger partial charge in [0.25, 0.3) is 0 Å². The van der Waals surface area contributed by atoms with Crippen LogP contribution >= 0.6 is 0 Å². The molecule has 0 aliphatic heterocycles. The van der Waals surface area contributed by atoms with Crippen LogP contribution in [0.1, 0.15) is 34.0 Å². The highest BCUT2D eigenvalue weighted by molar-refractivity contribution is 5.89. The molecule has 0 saturated carbocycles. The number of hydrogen-bond acceptors (Lipinski definition) is 2. The summed E-state index contributed by atoms with van der Waals surface area (Å²) in [5.41, 5.74) is 4.19. The van der Waals surface area contributed by atoms with Crippen molar-refractivity contribution < 1.29 is 9.53 Å². The first-order valence-corrected chi connectivity index (χ1v) is 6.52. The summed E-state index contributed by atoms with van der Waals surface area (Å²) in [5.74, 6) is -0.274. The van der Waals surface area contributed by atoms with Gasteiger partial charge < -0.3 is 4.74 Å². The lowest BCUT2D eigenvalue weighted by atomic mass is 10.0. The van der Waals surface area contributed by atoms with Crippen molar-refractivity contribution in [1.82, 2.24) is 0 Å². The molecule has 0 saturated heterocycles. The molecule has 0 fully saturated rings. The van der Waals surface area contributed by atoms with Crippen LogP contribution in [0, 0.1) is 6.92 Å². The summed E-state index contributed by atoms with van der Waals surface area (Å²) in [6.45, 7) is 4.53. The summed E-state index contributed by atoms with van der Waals surface area (Å²) < 4.78 is 5.37. The van der Waals surface area contributed by atoms with E-state index in [1.54, 1.807) is 12.1 Å². The Morgan fingerprint density at radius 1 is 1.05 bits per heavy atom. The van der Waals surface area contributed by atoms with Crippen molar-refractivity contribution in [3.63, 3.8) is 0 Å². The second-order valence-electron chi connectivity index (χ2n) is 4.51.